The van der Waals surface area contributed by atoms with Gasteiger partial charge in [0.05, 0.1) is 17.2 Å². The highest BCUT2D eigenvalue weighted by Crippen LogP contribution is 2.57. The molecule has 1 saturated carbocycles. The molecule has 1 fully saturated rings. The first kappa shape index (κ1) is 22.0. The van der Waals surface area contributed by atoms with Crippen molar-refractivity contribution in [3.63, 3.8) is 0 Å². The summed E-state index contributed by atoms with van der Waals surface area (Å²) in [5, 5.41) is 54.9. The van der Waals surface area contributed by atoms with Crippen molar-refractivity contribution in [2.24, 2.45) is 17.6 Å². The molecule has 1 aromatic rings. The first-order valence-corrected chi connectivity index (χ1v) is 9.97. The van der Waals surface area contributed by atoms with E-state index in [1.165, 1.54) is 44.1 Å². The van der Waals surface area contributed by atoms with Crippen molar-refractivity contribution >= 4 is 23.2 Å². The summed E-state index contributed by atoms with van der Waals surface area (Å²) < 4.78 is 0. The number of primary amides is 1. The van der Waals surface area contributed by atoms with Crippen molar-refractivity contribution in [2.75, 3.05) is 14.1 Å². The van der Waals surface area contributed by atoms with Gasteiger partial charge in [0.2, 0.25) is 5.78 Å². The molecule has 3 aliphatic carbocycles. The lowest BCUT2D eigenvalue weighted by molar-refractivity contribution is -0.159. The molecule has 0 radical (unpaired) electrons. The number of nitrogens with zero attached hydrogens (tertiary/aromatic N) is 1. The molecular weight excluding hydrogens is 420 g/mol. The van der Waals surface area contributed by atoms with E-state index in [1.54, 1.807) is 0 Å². The SMILES string of the molecule is CN(C)[C@H]1C(=O)C(C(N)=O)=C(O)[C@]2(O)C(=O)C3=C(O)c4c(O)cccc4[C@](C)(O)C3CC12. The molecule has 1 amide bonds. The maximum Gasteiger partial charge on any atom is 0.255 e. The van der Waals surface area contributed by atoms with E-state index in [0.29, 0.717) is 0 Å². The van der Waals surface area contributed by atoms with Gasteiger partial charge >= 0.3 is 0 Å². The average molecular weight is 444 g/mol. The van der Waals surface area contributed by atoms with Crippen molar-refractivity contribution in [2.45, 2.75) is 30.6 Å². The number of hydrogen-bond acceptors (Lipinski definition) is 9. The Bertz CT molecular complexity index is 1150. The summed E-state index contributed by atoms with van der Waals surface area (Å²) in [6.45, 7) is 1.40. The van der Waals surface area contributed by atoms with Crippen LogP contribution >= 0.6 is 0 Å². The molecule has 4 rings (SSSR count). The van der Waals surface area contributed by atoms with Crippen LogP contribution in [-0.4, -0.2) is 73.6 Å². The third-order valence-corrected chi connectivity index (χ3v) is 7.02. The van der Waals surface area contributed by atoms with E-state index in [9.17, 15) is 39.9 Å². The van der Waals surface area contributed by atoms with Crippen LogP contribution in [0.5, 0.6) is 5.75 Å². The van der Waals surface area contributed by atoms with Crippen LogP contribution in [0.3, 0.4) is 0 Å². The lowest BCUT2D eigenvalue weighted by Crippen LogP contribution is -2.67. The van der Waals surface area contributed by atoms with E-state index in [0.717, 1.165) is 0 Å². The number of aliphatic hydroxyl groups excluding tert-OH is 2. The predicted octanol–water partition coefficient (Wildman–Crippen LogP) is -0.371. The Morgan fingerprint density at radius 3 is 2.34 bits per heavy atom. The molecule has 2 unspecified atom stereocenters. The molecule has 0 spiro atoms. The fourth-order valence-corrected chi connectivity index (χ4v) is 5.50. The molecule has 1 aromatic carbocycles. The number of aliphatic hydroxyl groups is 4. The minimum absolute atomic E-state index is 0.170. The maximum atomic E-state index is 13.7. The molecular formula is C22H24N2O8. The number of phenolic OH excluding ortho intramolecular Hbond substituents is 1. The zero-order chi connectivity index (χ0) is 23.9. The molecule has 0 aromatic heterocycles. The van der Waals surface area contributed by atoms with Crippen molar-refractivity contribution < 1.29 is 39.9 Å². The minimum atomic E-state index is -2.75. The number of Topliss-reactive ketones (excluding diaryl/α,β-unsaturated/α-hetero) is 2. The van der Waals surface area contributed by atoms with Crippen LogP contribution < -0.4 is 5.73 Å². The molecule has 0 bridgehead atoms. The number of nitrogens with two attached hydrogens (primary N) is 1. The van der Waals surface area contributed by atoms with E-state index in [4.69, 9.17) is 5.73 Å². The molecule has 0 aliphatic heterocycles. The van der Waals surface area contributed by atoms with Gasteiger partial charge in [-0.15, -0.1) is 0 Å². The summed E-state index contributed by atoms with van der Waals surface area (Å²) >= 11 is 0. The second-order valence-corrected chi connectivity index (χ2v) is 8.96. The van der Waals surface area contributed by atoms with Gasteiger partial charge in [0, 0.05) is 17.4 Å². The Hall–Kier alpha value is -3.21. The highest BCUT2D eigenvalue weighted by Gasteiger charge is 2.66. The Labute approximate surface area is 182 Å². The first-order valence-electron chi connectivity index (χ1n) is 9.97. The lowest BCUT2D eigenvalue weighted by Gasteiger charge is -2.53. The zero-order valence-corrected chi connectivity index (χ0v) is 17.7. The van der Waals surface area contributed by atoms with Crippen LogP contribution in [0, 0.1) is 11.8 Å². The van der Waals surface area contributed by atoms with Gasteiger partial charge < -0.3 is 31.3 Å². The largest absolute Gasteiger partial charge is 0.508 e. The fourth-order valence-electron chi connectivity index (χ4n) is 5.50. The molecule has 10 nitrogen and oxygen atoms in total. The number of hydrogen-bond donors (Lipinski definition) is 6. The maximum absolute atomic E-state index is 13.7. The summed E-state index contributed by atoms with van der Waals surface area (Å²) in [6, 6.07) is 3.02. The number of carbonyl (C=O) groups is 3. The Balaban J connectivity index is 2.05. The monoisotopic (exact) mass is 444 g/mol. The molecule has 170 valence electrons. The standard InChI is InChI=1S/C22H24N2O8/c1-21(31)8-5-4-6-11(25)12(8)16(26)13-9(21)7-10-15(24(2)3)17(27)14(20(23)30)19(29)22(10,32)18(13)28/h4-6,9-10,15,25-26,29,31-32H,7H2,1-3H3,(H2,23,30)/t9?,10?,15-,21+,22-/m1/s1. The number of fused-ring (bicyclic) bond motifs is 3. The molecule has 0 heterocycles. The molecule has 7 N–H and O–H groups in total. The first-order chi connectivity index (χ1) is 14.8. The molecule has 5 atom stereocenters. The van der Waals surface area contributed by atoms with Gasteiger partial charge in [-0.05, 0) is 39.1 Å². The second-order valence-electron chi connectivity index (χ2n) is 8.96. The van der Waals surface area contributed by atoms with Crippen LogP contribution in [0.15, 0.2) is 35.1 Å². The number of aromatic hydroxyl groups is 1. The van der Waals surface area contributed by atoms with Crippen LogP contribution in [-0.2, 0) is 20.0 Å². The van der Waals surface area contributed by atoms with Gasteiger partial charge in [0.1, 0.15) is 22.8 Å². The average Bonchev–Trinajstić information content (AvgIpc) is 2.68. The van der Waals surface area contributed by atoms with Gasteiger partial charge in [-0.25, -0.2) is 0 Å². The van der Waals surface area contributed by atoms with Crippen LogP contribution in [0.4, 0.5) is 0 Å². The van der Waals surface area contributed by atoms with Crippen molar-refractivity contribution in [1.29, 1.82) is 0 Å². The number of amides is 1. The quantitative estimate of drug-likeness (QED) is 0.332. The van der Waals surface area contributed by atoms with Crippen LogP contribution in [0.1, 0.15) is 24.5 Å². The topological polar surface area (TPSA) is 182 Å². The summed E-state index contributed by atoms with van der Waals surface area (Å²) in [6.07, 6.45) is -0.200. The van der Waals surface area contributed by atoms with Gasteiger partial charge in [-0.1, -0.05) is 12.1 Å². The predicted molar refractivity (Wildman–Crippen MR) is 110 cm³/mol. The summed E-state index contributed by atoms with van der Waals surface area (Å²) in [7, 11) is 3.01. The summed E-state index contributed by atoms with van der Waals surface area (Å²) in [4.78, 5) is 40.0. The number of ketones is 2. The minimum Gasteiger partial charge on any atom is -0.508 e. The van der Waals surface area contributed by atoms with E-state index in [1.807, 2.05) is 0 Å². The Morgan fingerprint density at radius 2 is 1.78 bits per heavy atom. The normalized spacial score (nSPS) is 34.4. The zero-order valence-electron chi connectivity index (χ0n) is 17.7. The van der Waals surface area contributed by atoms with Gasteiger partial charge in [-0.3, -0.25) is 19.3 Å². The second kappa shape index (κ2) is 6.64. The summed E-state index contributed by atoms with van der Waals surface area (Å²) in [5.41, 5.74) is -0.548. The number of benzene rings is 1. The van der Waals surface area contributed by atoms with E-state index in [-0.39, 0.29) is 17.5 Å². The highest BCUT2D eigenvalue weighted by molar-refractivity contribution is 6.24. The Kier molecular flexibility index (Phi) is 4.57. The molecule has 0 saturated heterocycles. The molecule has 3 aliphatic rings. The van der Waals surface area contributed by atoms with E-state index >= 15 is 0 Å². The smallest absolute Gasteiger partial charge is 0.255 e. The van der Waals surface area contributed by atoms with Gasteiger partial charge in [0.15, 0.2) is 11.4 Å². The number of carbonyl (C=O) groups excluding carboxylic acids is 3. The number of likely N-dealkylation sites (N-methyl/N-ethyl adjacent to an activating group) is 1. The Morgan fingerprint density at radius 1 is 1.16 bits per heavy atom. The fraction of sp³-hybridized carbons (Fsp3) is 0.409. The molecule has 32 heavy (non-hydrogen) atoms. The van der Waals surface area contributed by atoms with Crippen LogP contribution in [0.2, 0.25) is 0 Å². The highest BCUT2D eigenvalue weighted by atomic mass is 16.3. The van der Waals surface area contributed by atoms with E-state index < -0.39 is 75.0 Å². The van der Waals surface area contributed by atoms with Gasteiger partial charge in [-0.2, -0.15) is 0 Å². The lowest BCUT2D eigenvalue weighted by atomic mass is 9.54. The van der Waals surface area contributed by atoms with Crippen molar-refractivity contribution in [1.82, 2.24) is 4.90 Å². The third kappa shape index (κ3) is 2.48. The summed E-state index contributed by atoms with van der Waals surface area (Å²) in [5.74, 6) is -7.90. The number of rotatable bonds is 2. The van der Waals surface area contributed by atoms with Crippen molar-refractivity contribution in [3.8, 4) is 5.75 Å². The van der Waals surface area contributed by atoms with E-state index in [2.05, 4.69) is 0 Å². The third-order valence-electron chi connectivity index (χ3n) is 7.02. The van der Waals surface area contributed by atoms with Gasteiger partial charge in [0.25, 0.3) is 5.91 Å². The number of phenols is 1. The van der Waals surface area contributed by atoms with Crippen LogP contribution in [0.25, 0.3) is 5.76 Å². The van der Waals surface area contributed by atoms with Crippen molar-refractivity contribution in [3.05, 3.63) is 46.2 Å². The molecule has 10 heteroatoms.